The summed E-state index contributed by atoms with van der Waals surface area (Å²) in [5.41, 5.74) is 5.19. The van der Waals surface area contributed by atoms with Crippen LogP contribution in [0.4, 0.5) is 5.69 Å². The van der Waals surface area contributed by atoms with Crippen LogP contribution in [0.15, 0.2) is 48.8 Å². The van der Waals surface area contributed by atoms with Gasteiger partial charge in [-0.2, -0.15) is 0 Å². The van der Waals surface area contributed by atoms with E-state index < -0.39 is 0 Å². The van der Waals surface area contributed by atoms with Crippen molar-refractivity contribution in [1.29, 1.82) is 0 Å². The van der Waals surface area contributed by atoms with E-state index in [0.717, 1.165) is 41.1 Å². The van der Waals surface area contributed by atoms with Crippen LogP contribution in [-0.4, -0.2) is 39.3 Å². The lowest BCUT2D eigenvalue weighted by Gasteiger charge is -2.19. The molecule has 5 heteroatoms. The predicted octanol–water partition coefficient (Wildman–Crippen LogP) is 3.99. The van der Waals surface area contributed by atoms with Gasteiger partial charge in [0.25, 0.3) is 0 Å². The molecule has 1 saturated heterocycles. The molecule has 2 aromatic heterocycles. The highest BCUT2D eigenvalue weighted by molar-refractivity contribution is 5.89. The molecular formula is C22H26N4O. The van der Waals surface area contributed by atoms with E-state index in [1.54, 1.807) is 0 Å². The Kier molecular flexibility index (Phi) is 4.94. The first-order chi connectivity index (χ1) is 13.1. The summed E-state index contributed by atoms with van der Waals surface area (Å²) in [4.78, 5) is 18.5. The van der Waals surface area contributed by atoms with Crippen LogP contribution in [0.1, 0.15) is 32.4 Å². The zero-order chi connectivity index (χ0) is 18.8. The molecule has 0 unspecified atom stereocenters. The molecule has 1 fully saturated rings. The van der Waals surface area contributed by atoms with Crippen LogP contribution in [0.3, 0.4) is 0 Å². The Bertz CT molecular complexity index is 945. The number of nitrogens with one attached hydrogen (secondary N) is 1. The minimum Gasteiger partial charge on any atom is -0.326 e. The summed E-state index contributed by atoms with van der Waals surface area (Å²) in [6.45, 7) is 6.14. The van der Waals surface area contributed by atoms with Gasteiger partial charge < -0.3 is 14.6 Å². The van der Waals surface area contributed by atoms with Gasteiger partial charge in [0.05, 0.1) is 5.69 Å². The molecule has 3 heterocycles. The molecule has 27 heavy (non-hydrogen) atoms. The van der Waals surface area contributed by atoms with Crippen molar-refractivity contribution in [2.45, 2.75) is 39.2 Å². The first-order valence-corrected chi connectivity index (χ1v) is 9.68. The van der Waals surface area contributed by atoms with E-state index in [4.69, 9.17) is 4.98 Å². The number of pyridine rings is 1. The summed E-state index contributed by atoms with van der Waals surface area (Å²) in [5.74, 6) is -0.0570. The number of fused-ring (bicyclic) bond motifs is 1. The van der Waals surface area contributed by atoms with Gasteiger partial charge in [0, 0.05) is 44.0 Å². The van der Waals surface area contributed by atoms with Gasteiger partial charge in [-0.15, -0.1) is 0 Å². The van der Waals surface area contributed by atoms with Crippen molar-refractivity contribution in [2.24, 2.45) is 0 Å². The number of carbonyl (C=O) groups is 1. The van der Waals surface area contributed by atoms with E-state index in [1.807, 2.05) is 24.3 Å². The van der Waals surface area contributed by atoms with Gasteiger partial charge in [-0.1, -0.05) is 12.1 Å². The van der Waals surface area contributed by atoms with Gasteiger partial charge in [-0.25, -0.2) is 4.98 Å². The lowest BCUT2D eigenvalue weighted by Crippen LogP contribution is -2.29. The average molecular weight is 362 g/mol. The number of aromatic nitrogens is 2. The topological polar surface area (TPSA) is 49.6 Å². The predicted molar refractivity (Wildman–Crippen MR) is 109 cm³/mol. The Balaban J connectivity index is 1.49. The minimum atomic E-state index is -0.0570. The number of likely N-dealkylation sites (tertiary alicyclic amines) is 1. The van der Waals surface area contributed by atoms with Crippen molar-refractivity contribution in [3.8, 4) is 11.1 Å². The molecule has 140 valence electrons. The van der Waals surface area contributed by atoms with Gasteiger partial charge in [0.2, 0.25) is 5.91 Å². The SMILES string of the molecule is CC(=O)Nc1ccc(-c2ccc3nc(CCN4CCC[C@H]4C)cn3c2)cc1. The Hall–Kier alpha value is -2.66. The molecular weight excluding hydrogens is 336 g/mol. The van der Waals surface area contributed by atoms with E-state index in [9.17, 15) is 4.79 Å². The largest absolute Gasteiger partial charge is 0.326 e. The molecule has 4 rings (SSSR count). The maximum Gasteiger partial charge on any atom is 0.221 e. The Morgan fingerprint density at radius 3 is 2.63 bits per heavy atom. The fraction of sp³-hybridized carbons (Fsp3) is 0.364. The summed E-state index contributed by atoms with van der Waals surface area (Å²) >= 11 is 0. The number of amides is 1. The first kappa shape index (κ1) is 17.7. The van der Waals surface area contributed by atoms with Crippen LogP contribution in [0.25, 0.3) is 16.8 Å². The maximum atomic E-state index is 11.1. The van der Waals surface area contributed by atoms with E-state index >= 15 is 0 Å². The zero-order valence-electron chi connectivity index (χ0n) is 16.0. The average Bonchev–Trinajstić information content (AvgIpc) is 3.24. The molecule has 1 aliphatic rings. The summed E-state index contributed by atoms with van der Waals surface area (Å²) < 4.78 is 2.11. The molecule has 0 aliphatic carbocycles. The normalized spacial score (nSPS) is 17.5. The van der Waals surface area contributed by atoms with Crippen molar-refractivity contribution in [3.05, 3.63) is 54.5 Å². The van der Waals surface area contributed by atoms with Crippen LogP contribution in [0, 0.1) is 0 Å². The molecule has 0 bridgehead atoms. The number of hydrogen-bond acceptors (Lipinski definition) is 3. The molecule has 1 atom stereocenters. The van der Waals surface area contributed by atoms with Crippen molar-refractivity contribution in [2.75, 3.05) is 18.4 Å². The molecule has 1 aromatic carbocycles. The first-order valence-electron chi connectivity index (χ1n) is 9.68. The quantitative estimate of drug-likeness (QED) is 0.747. The van der Waals surface area contributed by atoms with Gasteiger partial charge in [-0.3, -0.25) is 4.79 Å². The van der Waals surface area contributed by atoms with E-state index in [0.29, 0.717) is 6.04 Å². The minimum absolute atomic E-state index is 0.0570. The number of rotatable bonds is 5. The lowest BCUT2D eigenvalue weighted by atomic mass is 10.1. The van der Waals surface area contributed by atoms with Crippen molar-refractivity contribution in [3.63, 3.8) is 0 Å². The maximum absolute atomic E-state index is 11.1. The highest BCUT2D eigenvalue weighted by Crippen LogP contribution is 2.23. The van der Waals surface area contributed by atoms with Crippen LogP contribution < -0.4 is 5.32 Å². The third kappa shape index (κ3) is 4.03. The van der Waals surface area contributed by atoms with Crippen LogP contribution in [0.2, 0.25) is 0 Å². The zero-order valence-corrected chi connectivity index (χ0v) is 16.0. The van der Waals surface area contributed by atoms with Gasteiger partial charge in [0.15, 0.2) is 0 Å². The van der Waals surface area contributed by atoms with E-state index in [2.05, 4.69) is 46.1 Å². The second kappa shape index (κ2) is 7.53. The molecule has 0 spiro atoms. The Morgan fingerprint density at radius 2 is 1.93 bits per heavy atom. The highest BCUT2D eigenvalue weighted by Gasteiger charge is 2.19. The summed E-state index contributed by atoms with van der Waals surface area (Å²) in [6, 6.07) is 12.8. The second-order valence-corrected chi connectivity index (χ2v) is 7.45. The monoisotopic (exact) mass is 362 g/mol. The third-order valence-electron chi connectivity index (χ3n) is 5.39. The number of imidazole rings is 1. The van der Waals surface area contributed by atoms with Gasteiger partial charge in [-0.05, 0) is 61.7 Å². The van der Waals surface area contributed by atoms with Crippen molar-refractivity contribution >= 4 is 17.2 Å². The summed E-state index contributed by atoms with van der Waals surface area (Å²) in [7, 11) is 0. The van der Waals surface area contributed by atoms with Crippen molar-refractivity contribution in [1.82, 2.24) is 14.3 Å². The van der Waals surface area contributed by atoms with Crippen LogP contribution >= 0.6 is 0 Å². The fourth-order valence-corrected chi connectivity index (χ4v) is 3.87. The molecule has 0 saturated carbocycles. The summed E-state index contributed by atoms with van der Waals surface area (Å²) in [5, 5.41) is 2.80. The van der Waals surface area contributed by atoms with Gasteiger partial charge >= 0.3 is 0 Å². The molecule has 1 N–H and O–H groups in total. The summed E-state index contributed by atoms with van der Waals surface area (Å²) in [6.07, 6.45) is 7.89. The number of hydrogen-bond donors (Lipinski definition) is 1. The number of anilines is 1. The number of nitrogens with zero attached hydrogens (tertiary/aromatic N) is 3. The Morgan fingerprint density at radius 1 is 1.15 bits per heavy atom. The highest BCUT2D eigenvalue weighted by atomic mass is 16.1. The fourth-order valence-electron chi connectivity index (χ4n) is 3.87. The molecule has 3 aromatic rings. The Labute approximate surface area is 160 Å². The number of carbonyl (C=O) groups excluding carboxylic acids is 1. The van der Waals surface area contributed by atoms with E-state index in [1.165, 1.54) is 26.3 Å². The number of benzene rings is 1. The third-order valence-corrected chi connectivity index (χ3v) is 5.39. The second-order valence-electron chi connectivity index (χ2n) is 7.45. The molecule has 0 radical (unpaired) electrons. The van der Waals surface area contributed by atoms with Crippen molar-refractivity contribution < 1.29 is 4.79 Å². The van der Waals surface area contributed by atoms with Crippen LogP contribution in [-0.2, 0) is 11.2 Å². The smallest absolute Gasteiger partial charge is 0.221 e. The standard InChI is InChI=1S/C22H26N4O/c1-16-4-3-12-25(16)13-11-21-15-26-14-19(7-10-22(26)24-21)18-5-8-20(9-6-18)23-17(2)27/h5-10,14-16H,3-4,11-13H2,1-2H3,(H,23,27)/t16-/m1/s1. The van der Waals surface area contributed by atoms with Crippen LogP contribution in [0.5, 0.6) is 0 Å². The molecule has 1 aliphatic heterocycles. The molecule has 5 nitrogen and oxygen atoms in total. The lowest BCUT2D eigenvalue weighted by molar-refractivity contribution is -0.114. The van der Waals surface area contributed by atoms with Gasteiger partial charge in [0.1, 0.15) is 5.65 Å². The van der Waals surface area contributed by atoms with E-state index in [-0.39, 0.29) is 5.91 Å². The molecule has 1 amide bonds.